The van der Waals surface area contributed by atoms with Crippen molar-refractivity contribution in [3.05, 3.63) is 63.4 Å². The lowest BCUT2D eigenvalue weighted by Gasteiger charge is -2.30. The maximum Gasteiger partial charge on any atom is 0.255 e. The molecule has 0 bridgehead atoms. The van der Waals surface area contributed by atoms with Gasteiger partial charge < -0.3 is 14.4 Å². The van der Waals surface area contributed by atoms with Gasteiger partial charge in [-0.1, -0.05) is 24.3 Å². The van der Waals surface area contributed by atoms with Gasteiger partial charge in [-0.25, -0.2) is 0 Å². The van der Waals surface area contributed by atoms with E-state index in [2.05, 4.69) is 23.6 Å². The van der Waals surface area contributed by atoms with Crippen molar-refractivity contribution in [2.75, 3.05) is 26.3 Å². The number of ketones is 1. The third-order valence-corrected chi connectivity index (χ3v) is 7.55. The molecule has 3 heterocycles. The number of allylic oxidation sites excluding steroid dienone is 1. The summed E-state index contributed by atoms with van der Waals surface area (Å²) in [4.78, 5) is 30.6. The standard InChI is InChI=1S/C25H28N2O4S/c1-17-2-7-22(23(28)12-17)27-14-20-21(25(27)29)16-32-24(20)15-31-19-5-3-18(4-6-19)13-26-8-10-30-11-9-26/h3-6,16,22H,1-2,7-15H2/t22-/m0/s1. The fourth-order valence-corrected chi connectivity index (χ4v) is 5.63. The first-order valence-corrected chi connectivity index (χ1v) is 12.1. The zero-order valence-electron chi connectivity index (χ0n) is 18.2. The number of fused-ring (bicyclic) bond motifs is 1. The largest absolute Gasteiger partial charge is 0.488 e. The lowest BCUT2D eigenvalue weighted by atomic mass is 9.90. The number of carbonyl (C=O) groups is 2. The summed E-state index contributed by atoms with van der Waals surface area (Å²) in [6, 6.07) is 7.91. The zero-order chi connectivity index (χ0) is 22.1. The molecule has 0 spiro atoms. The smallest absolute Gasteiger partial charge is 0.255 e. The van der Waals surface area contributed by atoms with Crippen LogP contribution in [0.4, 0.5) is 0 Å². The first-order chi connectivity index (χ1) is 15.6. The van der Waals surface area contributed by atoms with E-state index in [0.29, 0.717) is 26.0 Å². The molecule has 2 fully saturated rings. The topological polar surface area (TPSA) is 59.1 Å². The first-order valence-electron chi connectivity index (χ1n) is 11.2. The van der Waals surface area contributed by atoms with Gasteiger partial charge in [0.2, 0.25) is 0 Å². The first kappa shape index (κ1) is 21.4. The number of amides is 1. The average molecular weight is 453 g/mol. The van der Waals surface area contributed by atoms with Crippen molar-refractivity contribution in [1.29, 1.82) is 0 Å². The molecule has 1 saturated heterocycles. The summed E-state index contributed by atoms with van der Waals surface area (Å²) in [7, 11) is 0. The van der Waals surface area contributed by atoms with Gasteiger partial charge in [-0.15, -0.1) is 11.3 Å². The van der Waals surface area contributed by atoms with Gasteiger partial charge in [0.25, 0.3) is 5.91 Å². The highest BCUT2D eigenvalue weighted by Crippen LogP contribution is 2.35. The van der Waals surface area contributed by atoms with Crippen LogP contribution in [-0.2, 0) is 29.2 Å². The molecule has 32 heavy (non-hydrogen) atoms. The Kier molecular flexibility index (Phi) is 6.13. The minimum atomic E-state index is -0.321. The Morgan fingerprint density at radius 1 is 1.16 bits per heavy atom. The van der Waals surface area contributed by atoms with Crippen LogP contribution in [0, 0.1) is 0 Å². The Morgan fingerprint density at radius 3 is 2.69 bits per heavy atom. The Labute approximate surface area is 192 Å². The van der Waals surface area contributed by atoms with Gasteiger partial charge in [-0.3, -0.25) is 14.5 Å². The number of hydrogen-bond donors (Lipinski definition) is 0. The van der Waals surface area contributed by atoms with Crippen molar-refractivity contribution in [2.24, 2.45) is 0 Å². The van der Waals surface area contributed by atoms with E-state index in [-0.39, 0.29) is 17.7 Å². The van der Waals surface area contributed by atoms with Crippen molar-refractivity contribution in [2.45, 2.75) is 45.0 Å². The molecule has 1 aromatic heterocycles. The van der Waals surface area contributed by atoms with E-state index in [1.54, 1.807) is 16.2 Å². The van der Waals surface area contributed by atoms with Crippen molar-refractivity contribution in [1.82, 2.24) is 9.80 Å². The van der Waals surface area contributed by atoms with Gasteiger partial charge in [-0.05, 0) is 30.5 Å². The fourth-order valence-electron chi connectivity index (χ4n) is 4.69. The van der Waals surface area contributed by atoms with Crippen molar-refractivity contribution < 1.29 is 19.1 Å². The number of nitrogens with zero attached hydrogens (tertiary/aromatic N) is 2. The number of hydrogen-bond acceptors (Lipinski definition) is 6. The highest BCUT2D eigenvalue weighted by molar-refractivity contribution is 7.10. The normalized spacial score (nSPS) is 21.8. The van der Waals surface area contributed by atoms with E-state index < -0.39 is 0 Å². The molecule has 2 aliphatic heterocycles. The van der Waals surface area contributed by atoms with E-state index in [9.17, 15) is 9.59 Å². The average Bonchev–Trinajstić information content (AvgIpc) is 3.34. The number of thiophene rings is 1. The maximum atomic E-state index is 12.9. The SMILES string of the molecule is C=C1CC[C@H](N2Cc3c(csc3COc3ccc(CN4CCOCC4)cc3)C2=O)C(=O)C1. The van der Waals surface area contributed by atoms with Crippen LogP contribution in [0.2, 0.25) is 0 Å². The third-order valence-electron chi connectivity index (χ3n) is 6.55. The van der Waals surface area contributed by atoms with Gasteiger partial charge in [0.15, 0.2) is 5.78 Å². The van der Waals surface area contributed by atoms with Gasteiger partial charge in [0.1, 0.15) is 12.4 Å². The molecule has 1 saturated carbocycles. The minimum Gasteiger partial charge on any atom is -0.488 e. The molecule has 5 rings (SSSR count). The van der Waals surface area contributed by atoms with Crippen LogP contribution in [0.15, 0.2) is 41.8 Å². The number of morpholine rings is 1. The van der Waals surface area contributed by atoms with Crippen molar-refractivity contribution in [3.8, 4) is 5.75 Å². The Hall–Kier alpha value is -2.48. The molecule has 1 aliphatic carbocycles. The Morgan fingerprint density at radius 2 is 1.94 bits per heavy atom. The number of ether oxygens (including phenoxy) is 2. The van der Waals surface area contributed by atoms with Gasteiger partial charge in [-0.2, -0.15) is 0 Å². The van der Waals surface area contributed by atoms with E-state index >= 15 is 0 Å². The second-order valence-electron chi connectivity index (χ2n) is 8.75. The predicted octanol–water partition coefficient (Wildman–Crippen LogP) is 3.79. The van der Waals surface area contributed by atoms with Crippen LogP contribution >= 0.6 is 11.3 Å². The van der Waals surface area contributed by atoms with E-state index in [4.69, 9.17) is 9.47 Å². The lowest BCUT2D eigenvalue weighted by Crippen LogP contribution is -2.43. The summed E-state index contributed by atoms with van der Waals surface area (Å²) in [5, 5.41) is 1.91. The molecule has 1 atom stereocenters. The molecule has 0 unspecified atom stereocenters. The van der Waals surface area contributed by atoms with E-state index in [1.165, 1.54) is 5.56 Å². The summed E-state index contributed by atoms with van der Waals surface area (Å²) in [6.07, 6.45) is 1.88. The van der Waals surface area contributed by atoms with Crippen LogP contribution in [0.3, 0.4) is 0 Å². The number of benzene rings is 1. The predicted molar refractivity (Wildman–Crippen MR) is 123 cm³/mol. The quantitative estimate of drug-likeness (QED) is 0.624. The van der Waals surface area contributed by atoms with Crippen LogP contribution < -0.4 is 4.74 Å². The number of carbonyl (C=O) groups excluding carboxylic acids is 2. The van der Waals surface area contributed by atoms with Crippen molar-refractivity contribution >= 4 is 23.0 Å². The van der Waals surface area contributed by atoms with Gasteiger partial charge in [0, 0.05) is 48.4 Å². The molecule has 1 amide bonds. The highest BCUT2D eigenvalue weighted by Gasteiger charge is 2.39. The summed E-state index contributed by atoms with van der Waals surface area (Å²) in [5.74, 6) is 0.902. The minimum absolute atomic E-state index is 0.0270. The Balaban J connectivity index is 1.19. The lowest BCUT2D eigenvalue weighted by molar-refractivity contribution is -0.124. The van der Waals surface area contributed by atoms with E-state index in [0.717, 1.165) is 66.6 Å². The molecule has 0 N–H and O–H groups in total. The summed E-state index contributed by atoms with van der Waals surface area (Å²) >= 11 is 1.56. The summed E-state index contributed by atoms with van der Waals surface area (Å²) in [5.41, 5.74) is 3.97. The van der Waals surface area contributed by atoms with Crippen molar-refractivity contribution in [3.63, 3.8) is 0 Å². The molecule has 168 valence electrons. The monoisotopic (exact) mass is 452 g/mol. The number of rotatable bonds is 6. The molecule has 7 heteroatoms. The van der Waals surface area contributed by atoms with Crippen LogP contribution in [-0.4, -0.2) is 53.8 Å². The molecule has 1 aromatic carbocycles. The van der Waals surface area contributed by atoms with Gasteiger partial charge in [0.05, 0.1) is 24.8 Å². The molecule has 2 aromatic rings. The molecular weight excluding hydrogens is 424 g/mol. The fraction of sp³-hybridized carbons (Fsp3) is 0.440. The highest BCUT2D eigenvalue weighted by atomic mass is 32.1. The van der Waals surface area contributed by atoms with E-state index in [1.807, 2.05) is 17.5 Å². The number of Topliss-reactive ketones (excluding diaryl/α,β-unsaturated/α-hetero) is 1. The molecule has 3 aliphatic rings. The Bertz CT molecular complexity index is 1020. The second-order valence-corrected chi connectivity index (χ2v) is 9.72. The summed E-state index contributed by atoms with van der Waals surface area (Å²) < 4.78 is 11.4. The molecule has 0 radical (unpaired) electrons. The molecular formula is C25H28N2O4S. The van der Waals surface area contributed by atoms with Crippen LogP contribution in [0.1, 0.15) is 45.6 Å². The van der Waals surface area contributed by atoms with Crippen LogP contribution in [0.25, 0.3) is 0 Å². The van der Waals surface area contributed by atoms with Gasteiger partial charge >= 0.3 is 0 Å². The summed E-state index contributed by atoms with van der Waals surface area (Å²) in [6.45, 7) is 9.33. The molecule has 6 nitrogen and oxygen atoms in total. The third kappa shape index (κ3) is 4.37. The zero-order valence-corrected chi connectivity index (χ0v) is 19.0. The maximum absolute atomic E-state index is 12.9. The second kappa shape index (κ2) is 9.17. The van der Waals surface area contributed by atoms with Crippen LogP contribution in [0.5, 0.6) is 5.75 Å².